The topological polar surface area (TPSA) is 41.6 Å². The van der Waals surface area contributed by atoms with E-state index < -0.39 is 0 Å². The van der Waals surface area contributed by atoms with Crippen LogP contribution in [0.1, 0.15) is 31.9 Å². The van der Waals surface area contributed by atoms with Crippen molar-refractivity contribution in [2.24, 2.45) is 0 Å². The predicted octanol–water partition coefficient (Wildman–Crippen LogP) is 4.61. The normalized spacial score (nSPS) is 16.3. The second kappa shape index (κ2) is 10.3. The lowest BCUT2D eigenvalue weighted by molar-refractivity contribution is -0.117. The number of hydrogen-bond donors (Lipinski definition) is 1. The molecule has 3 rings (SSSR count). The molecule has 1 atom stereocenters. The average Bonchev–Trinajstić information content (AvgIpc) is 2.75. The number of benzene rings is 2. The number of morpholine rings is 1. The van der Waals surface area contributed by atoms with Gasteiger partial charge in [-0.05, 0) is 31.0 Å². The van der Waals surface area contributed by atoms with Crippen LogP contribution < -0.4 is 5.32 Å². The first-order valence-electron chi connectivity index (χ1n) is 9.83. The molecular formula is C23H28N2O2S. The summed E-state index contributed by atoms with van der Waals surface area (Å²) in [5.41, 5.74) is 2.19. The molecule has 0 aliphatic carbocycles. The van der Waals surface area contributed by atoms with Gasteiger partial charge in [0.1, 0.15) is 0 Å². The summed E-state index contributed by atoms with van der Waals surface area (Å²) in [5, 5.41) is 3.19. The van der Waals surface area contributed by atoms with Crippen LogP contribution in [0.3, 0.4) is 0 Å². The third-order valence-corrected chi connectivity index (χ3v) is 5.94. The number of ether oxygens (including phenoxy) is 1. The molecule has 1 saturated heterocycles. The Hall–Kier alpha value is -2.24. The Morgan fingerprint density at radius 2 is 1.68 bits per heavy atom. The molecule has 2 aromatic rings. The van der Waals surface area contributed by atoms with Crippen molar-refractivity contribution in [1.29, 1.82) is 0 Å². The number of carbonyl (C=O) groups excluding carboxylic acids is 1. The number of nitrogens with one attached hydrogen (secondary N) is 1. The summed E-state index contributed by atoms with van der Waals surface area (Å²) in [6, 6.07) is 20.1. The lowest BCUT2D eigenvalue weighted by Gasteiger charge is -2.32. The van der Waals surface area contributed by atoms with Gasteiger partial charge in [-0.25, -0.2) is 0 Å². The Morgan fingerprint density at radius 1 is 1.07 bits per heavy atom. The van der Waals surface area contributed by atoms with Crippen LogP contribution in [0.2, 0.25) is 0 Å². The van der Waals surface area contributed by atoms with E-state index in [1.54, 1.807) is 11.8 Å². The molecule has 1 aliphatic heterocycles. The molecule has 4 nitrogen and oxygen atoms in total. The second-order valence-electron chi connectivity index (χ2n) is 6.75. The summed E-state index contributed by atoms with van der Waals surface area (Å²) >= 11 is 1.55. The fourth-order valence-corrected chi connectivity index (χ4v) is 4.36. The molecular weight excluding hydrogens is 368 g/mol. The largest absolute Gasteiger partial charge is 0.378 e. The van der Waals surface area contributed by atoms with Crippen LogP contribution in [0, 0.1) is 0 Å². The average molecular weight is 397 g/mol. The van der Waals surface area contributed by atoms with Crippen LogP contribution in [0.5, 0.6) is 0 Å². The van der Waals surface area contributed by atoms with Gasteiger partial charge in [0.2, 0.25) is 0 Å². The number of allylic oxidation sites excluding steroid dienone is 1. The summed E-state index contributed by atoms with van der Waals surface area (Å²) < 4.78 is 5.50. The van der Waals surface area contributed by atoms with Crippen molar-refractivity contribution in [3.05, 3.63) is 76.8 Å². The number of carbonyl (C=O) groups is 1. The standard InChI is InChI=1S/C23H28N2O2S/c1-3-21(25-14-16-27-17-15-25)22(28-20-12-8-5-9-13-20)23(26)24-18(2)19-10-6-4-7-11-19/h4-13,18H,3,14-17H2,1-2H3,(H,24,26)/b22-21+/t18-/m0/s1. The third-order valence-electron chi connectivity index (χ3n) is 4.81. The SMILES string of the molecule is CC/C(=C(\Sc1ccccc1)C(=O)N[C@@H](C)c1ccccc1)N1CCOCC1. The van der Waals surface area contributed by atoms with Crippen molar-refractivity contribution in [3.63, 3.8) is 0 Å². The van der Waals surface area contributed by atoms with Crippen LogP contribution in [0.25, 0.3) is 0 Å². The van der Waals surface area contributed by atoms with E-state index in [9.17, 15) is 4.79 Å². The zero-order valence-electron chi connectivity index (χ0n) is 16.6. The van der Waals surface area contributed by atoms with Gasteiger partial charge >= 0.3 is 0 Å². The van der Waals surface area contributed by atoms with Crippen molar-refractivity contribution >= 4 is 17.7 Å². The minimum atomic E-state index is -0.0529. The lowest BCUT2D eigenvalue weighted by Crippen LogP contribution is -2.37. The molecule has 1 N–H and O–H groups in total. The van der Waals surface area contributed by atoms with Crippen molar-refractivity contribution in [2.45, 2.75) is 31.2 Å². The fourth-order valence-electron chi connectivity index (χ4n) is 3.29. The van der Waals surface area contributed by atoms with E-state index in [4.69, 9.17) is 4.74 Å². The number of nitrogens with zero attached hydrogens (tertiary/aromatic N) is 1. The van der Waals surface area contributed by atoms with E-state index >= 15 is 0 Å². The van der Waals surface area contributed by atoms with Gasteiger partial charge in [0.05, 0.1) is 24.2 Å². The molecule has 1 amide bonds. The number of hydrogen-bond acceptors (Lipinski definition) is 4. The highest BCUT2D eigenvalue weighted by Crippen LogP contribution is 2.32. The molecule has 0 saturated carbocycles. The zero-order valence-corrected chi connectivity index (χ0v) is 17.4. The molecule has 5 heteroatoms. The van der Waals surface area contributed by atoms with E-state index in [0.717, 1.165) is 40.6 Å². The van der Waals surface area contributed by atoms with E-state index in [2.05, 4.69) is 17.1 Å². The Labute approximate surface area is 172 Å². The summed E-state index contributed by atoms with van der Waals surface area (Å²) in [6.07, 6.45) is 0.808. The van der Waals surface area contributed by atoms with Gasteiger partial charge in [-0.2, -0.15) is 0 Å². The fraction of sp³-hybridized carbons (Fsp3) is 0.348. The van der Waals surface area contributed by atoms with Gasteiger partial charge in [0, 0.05) is 23.7 Å². The summed E-state index contributed by atoms with van der Waals surface area (Å²) in [7, 11) is 0. The first-order chi connectivity index (χ1) is 13.7. The quantitative estimate of drug-likeness (QED) is 0.548. The van der Waals surface area contributed by atoms with Crippen molar-refractivity contribution in [3.8, 4) is 0 Å². The van der Waals surface area contributed by atoms with Crippen LogP contribution in [-0.2, 0) is 9.53 Å². The maximum atomic E-state index is 13.3. The molecule has 0 radical (unpaired) electrons. The summed E-state index contributed by atoms with van der Waals surface area (Å²) in [5.74, 6) is -0.0199. The number of rotatable bonds is 7. The zero-order chi connectivity index (χ0) is 19.8. The van der Waals surface area contributed by atoms with Gasteiger partial charge in [0.15, 0.2) is 0 Å². The van der Waals surface area contributed by atoms with Crippen LogP contribution in [0.4, 0.5) is 0 Å². The van der Waals surface area contributed by atoms with E-state index in [1.807, 2.05) is 67.6 Å². The van der Waals surface area contributed by atoms with Crippen LogP contribution in [-0.4, -0.2) is 37.1 Å². The summed E-state index contributed by atoms with van der Waals surface area (Å²) in [4.78, 5) is 17.5. The monoisotopic (exact) mass is 396 g/mol. The maximum Gasteiger partial charge on any atom is 0.260 e. The first kappa shape index (κ1) is 20.5. The van der Waals surface area contributed by atoms with Crippen LogP contribution >= 0.6 is 11.8 Å². The van der Waals surface area contributed by atoms with Gasteiger partial charge in [-0.15, -0.1) is 0 Å². The maximum absolute atomic E-state index is 13.3. The molecule has 0 bridgehead atoms. The molecule has 1 aliphatic rings. The highest BCUT2D eigenvalue weighted by atomic mass is 32.2. The first-order valence-corrected chi connectivity index (χ1v) is 10.6. The number of thioether (sulfide) groups is 1. The van der Waals surface area contributed by atoms with Crippen molar-refractivity contribution in [2.75, 3.05) is 26.3 Å². The van der Waals surface area contributed by atoms with Gasteiger partial charge < -0.3 is 15.0 Å². The minimum absolute atomic E-state index is 0.0199. The lowest BCUT2D eigenvalue weighted by atomic mass is 10.1. The van der Waals surface area contributed by atoms with Crippen LogP contribution in [0.15, 0.2) is 76.2 Å². The molecule has 1 heterocycles. The van der Waals surface area contributed by atoms with Crippen molar-refractivity contribution < 1.29 is 9.53 Å². The Bertz CT molecular complexity index is 787. The van der Waals surface area contributed by atoms with Gasteiger partial charge in [-0.3, -0.25) is 4.79 Å². The smallest absolute Gasteiger partial charge is 0.260 e. The Balaban J connectivity index is 1.87. The van der Waals surface area contributed by atoms with E-state index in [-0.39, 0.29) is 11.9 Å². The highest BCUT2D eigenvalue weighted by molar-refractivity contribution is 8.04. The van der Waals surface area contributed by atoms with E-state index in [0.29, 0.717) is 13.2 Å². The third kappa shape index (κ3) is 5.40. The number of amides is 1. The Morgan fingerprint density at radius 3 is 2.29 bits per heavy atom. The second-order valence-corrected chi connectivity index (χ2v) is 7.83. The van der Waals surface area contributed by atoms with Crippen molar-refractivity contribution in [1.82, 2.24) is 10.2 Å². The molecule has 28 heavy (non-hydrogen) atoms. The molecule has 0 unspecified atom stereocenters. The highest BCUT2D eigenvalue weighted by Gasteiger charge is 2.23. The molecule has 0 aromatic heterocycles. The molecule has 1 fully saturated rings. The summed E-state index contributed by atoms with van der Waals surface area (Å²) in [6.45, 7) is 7.19. The molecule has 2 aromatic carbocycles. The predicted molar refractivity (Wildman–Crippen MR) is 115 cm³/mol. The molecule has 148 valence electrons. The van der Waals surface area contributed by atoms with Gasteiger partial charge in [0.25, 0.3) is 5.91 Å². The minimum Gasteiger partial charge on any atom is -0.378 e. The van der Waals surface area contributed by atoms with E-state index in [1.165, 1.54) is 0 Å². The molecule has 0 spiro atoms. The Kier molecular flexibility index (Phi) is 7.57. The van der Waals surface area contributed by atoms with Gasteiger partial charge in [-0.1, -0.05) is 67.2 Å².